The van der Waals surface area contributed by atoms with Crippen LogP contribution < -0.4 is 14.8 Å². The summed E-state index contributed by atoms with van der Waals surface area (Å²) in [6.07, 6.45) is 0. The van der Waals surface area contributed by atoms with Gasteiger partial charge in [0, 0.05) is 25.2 Å². The molecule has 1 heterocycles. The number of amides is 1. The highest BCUT2D eigenvalue weighted by molar-refractivity contribution is 7.92. The normalized spacial score (nSPS) is 15.2. The van der Waals surface area contributed by atoms with Crippen LogP contribution in [0.15, 0.2) is 77.7 Å². The van der Waals surface area contributed by atoms with E-state index in [4.69, 9.17) is 9.47 Å². The standard InChI is InChI=1S/C26H28FN3O5S/c1-34-21-10-6-19(7-11-21)25(30-14-16-35-17-15-30)18-28-26(31)20-8-12-22(13-9-20)36(32,33)29-24-5-3-2-4-23(24)27/h2-13,25,29H,14-18H2,1H3,(H,28,31). The Bertz CT molecular complexity index is 1280. The number of carbonyl (C=O) groups is 1. The Hall–Kier alpha value is -3.47. The predicted molar refractivity (Wildman–Crippen MR) is 134 cm³/mol. The average molecular weight is 514 g/mol. The summed E-state index contributed by atoms with van der Waals surface area (Å²) in [5.41, 5.74) is 1.21. The van der Waals surface area contributed by atoms with Crippen molar-refractivity contribution < 1.29 is 27.1 Å². The second-order valence-corrected chi connectivity index (χ2v) is 9.94. The number of ether oxygens (including phenoxy) is 2. The second kappa shape index (κ2) is 11.5. The zero-order valence-electron chi connectivity index (χ0n) is 19.8. The Labute approximate surface area is 210 Å². The number of sulfonamides is 1. The SMILES string of the molecule is COc1ccc(C(CNC(=O)c2ccc(S(=O)(=O)Nc3ccccc3F)cc2)N2CCOCC2)cc1. The average Bonchev–Trinajstić information content (AvgIpc) is 2.91. The van der Waals surface area contributed by atoms with Crippen molar-refractivity contribution in [3.63, 3.8) is 0 Å². The number of hydrogen-bond donors (Lipinski definition) is 2. The molecule has 0 aromatic heterocycles. The van der Waals surface area contributed by atoms with Crippen molar-refractivity contribution in [2.24, 2.45) is 0 Å². The van der Waals surface area contributed by atoms with Gasteiger partial charge < -0.3 is 14.8 Å². The summed E-state index contributed by atoms with van der Waals surface area (Å²) < 4.78 is 52.1. The van der Waals surface area contributed by atoms with Crippen LogP contribution in [0.2, 0.25) is 0 Å². The summed E-state index contributed by atoms with van der Waals surface area (Å²) in [5, 5.41) is 2.96. The summed E-state index contributed by atoms with van der Waals surface area (Å²) >= 11 is 0. The molecule has 1 unspecified atom stereocenters. The molecule has 10 heteroatoms. The number of nitrogens with one attached hydrogen (secondary N) is 2. The van der Waals surface area contributed by atoms with Gasteiger partial charge in [-0.15, -0.1) is 0 Å². The lowest BCUT2D eigenvalue weighted by atomic mass is 10.0. The molecule has 0 bridgehead atoms. The Morgan fingerprint density at radius 1 is 1.03 bits per heavy atom. The molecule has 1 aliphatic rings. The highest BCUT2D eigenvalue weighted by Gasteiger charge is 2.24. The zero-order valence-corrected chi connectivity index (χ0v) is 20.6. The molecule has 1 fully saturated rings. The van der Waals surface area contributed by atoms with Gasteiger partial charge in [-0.05, 0) is 54.1 Å². The summed E-state index contributed by atoms with van der Waals surface area (Å²) in [5.74, 6) is -0.250. The fourth-order valence-electron chi connectivity index (χ4n) is 4.00. The minimum atomic E-state index is -4.01. The minimum Gasteiger partial charge on any atom is -0.497 e. The Kier molecular flexibility index (Phi) is 8.19. The van der Waals surface area contributed by atoms with E-state index in [1.807, 2.05) is 24.3 Å². The molecule has 0 spiro atoms. The minimum absolute atomic E-state index is 0.0617. The molecule has 190 valence electrons. The summed E-state index contributed by atoms with van der Waals surface area (Å²) in [4.78, 5) is 15.1. The molecule has 8 nitrogen and oxygen atoms in total. The third-order valence-electron chi connectivity index (χ3n) is 5.99. The fraction of sp³-hybridized carbons (Fsp3) is 0.269. The van der Waals surface area contributed by atoms with Gasteiger partial charge in [-0.3, -0.25) is 14.4 Å². The smallest absolute Gasteiger partial charge is 0.261 e. The topological polar surface area (TPSA) is 97.0 Å². The van der Waals surface area contributed by atoms with E-state index in [2.05, 4.69) is 14.9 Å². The first kappa shape index (κ1) is 25.6. The van der Waals surface area contributed by atoms with Crippen LogP contribution in [0.3, 0.4) is 0 Å². The molecule has 4 rings (SSSR count). The first-order chi connectivity index (χ1) is 17.4. The molecular weight excluding hydrogens is 485 g/mol. The van der Waals surface area contributed by atoms with Crippen molar-refractivity contribution >= 4 is 21.6 Å². The molecule has 36 heavy (non-hydrogen) atoms. The van der Waals surface area contributed by atoms with Crippen LogP contribution in [0.1, 0.15) is 22.0 Å². The maximum absolute atomic E-state index is 13.9. The van der Waals surface area contributed by atoms with E-state index in [1.165, 1.54) is 48.5 Å². The van der Waals surface area contributed by atoms with Crippen LogP contribution in [0.5, 0.6) is 5.75 Å². The summed E-state index contributed by atoms with van der Waals surface area (Å²) in [6, 6.07) is 18.7. The lowest BCUT2D eigenvalue weighted by molar-refractivity contribution is 0.0162. The number of halogens is 1. The first-order valence-electron chi connectivity index (χ1n) is 11.5. The number of hydrogen-bond acceptors (Lipinski definition) is 6. The quantitative estimate of drug-likeness (QED) is 0.455. The number of anilines is 1. The third kappa shape index (κ3) is 6.20. The van der Waals surface area contributed by atoms with E-state index in [0.717, 1.165) is 24.4 Å². The van der Waals surface area contributed by atoms with Gasteiger partial charge in [-0.25, -0.2) is 12.8 Å². The van der Waals surface area contributed by atoms with E-state index in [1.54, 1.807) is 7.11 Å². The number of benzene rings is 3. The summed E-state index contributed by atoms with van der Waals surface area (Å²) in [6.45, 7) is 3.09. The maximum atomic E-state index is 13.9. The zero-order chi connectivity index (χ0) is 25.5. The molecule has 0 radical (unpaired) electrons. The van der Waals surface area contributed by atoms with Crippen LogP contribution in [0, 0.1) is 5.82 Å². The van der Waals surface area contributed by atoms with E-state index >= 15 is 0 Å². The molecule has 1 saturated heterocycles. The van der Waals surface area contributed by atoms with Crippen LogP contribution in [0.25, 0.3) is 0 Å². The van der Waals surface area contributed by atoms with Crippen molar-refractivity contribution in [3.05, 3.63) is 89.7 Å². The largest absolute Gasteiger partial charge is 0.497 e. The van der Waals surface area contributed by atoms with Gasteiger partial charge >= 0.3 is 0 Å². The number of rotatable bonds is 9. The van der Waals surface area contributed by atoms with Crippen molar-refractivity contribution in [2.75, 3.05) is 44.7 Å². The van der Waals surface area contributed by atoms with Crippen LogP contribution in [-0.4, -0.2) is 59.2 Å². The first-order valence-corrected chi connectivity index (χ1v) is 13.0. The van der Waals surface area contributed by atoms with Gasteiger partial charge in [0.25, 0.3) is 15.9 Å². The van der Waals surface area contributed by atoms with E-state index in [9.17, 15) is 17.6 Å². The lowest BCUT2D eigenvalue weighted by Crippen LogP contribution is -2.43. The molecule has 3 aromatic carbocycles. The van der Waals surface area contributed by atoms with Crippen molar-refractivity contribution in [2.45, 2.75) is 10.9 Å². The molecule has 1 atom stereocenters. The van der Waals surface area contributed by atoms with E-state index in [0.29, 0.717) is 25.3 Å². The van der Waals surface area contributed by atoms with Gasteiger partial charge in [0.15, 0.2) is 0 Å². The maximum Gasteiger partial charge on any atom is 0.261 e. The fourth-order valence-corrected chi connectivity index (χ4v) is 5.06. The Morgan fingerprint density at radius 3 is 2.33 bits per heavy atom. The lowest BCUT2D eigenvalue weighted by Gasteiger charge is -2.35. The molecule has 2 N–H and O–H groups in total. The highest BCUT2D eigenvalue weighted by Crippen LogP contribution is 2.24. The van der Waals surface area contributed by atoms with Gasteiger partial charge in [-0.1, -0.05) is 24.3 Å². The summed E-state index contributed by atoms with van der Waals surface area (Å²) in [7, 11) is -2.40. The van der Waals surface area contributed by atoms with Gasteiger partial charge in [0.05, 0.1) is 36.9 Å². The molecule has 1 amide bonds. The van der Waals surface area contributed by atoms with Crippen molar-refractivity contribution in [3.8, 4) is 5.75 Å². The molecule has 0 aliphatic carbocycles. The number of morpholine rings is 1. The molecule has 0 saturated carbocycles. The second-order valence-electron chi connectivity index (χ2n) is 8.26. The van der Waals surface area contributed by atoms with Gasteiger partial charge in [0.1, 0.15) is 11.6 Å². The van der Waals surface area contributed by atoms with E-state index < -0.39 is 15.8 Å². The van der Waals surface area contributed by atoms with Crippen molar-refractivity contribution in [1.29, 1.82) is 0 Å². The molecular formula is C26H28FN3O5S. The number of methoxy groups -OCH3 is 1. The monoisotopic (exact) mass is 513 g/mol. The Morgan fingerprint density at radius 2 is 1.69 bits per heavy atom. The van der Waals surface area contributed by atoms with Crippen molar-refractivity contribution in [1.82, 2.24) is 10.2 Å². The van der Waals surface area contributed by atoms with Gasteiger partial charge in [0.2, 0.25) is 0 Å². The third-order valence-corrected chi connectivity index (χ3v) is 7.37. The van der Waals surface area contributed by atoms with Crippen LogP contribution in [0.4, 0.5) is 10.1 Å². The van der Waals surface area contributed by atoms with Gasteiger partial charge in [-0.2, -0.15) is 0 Å². The van der Waals surface area contributed by atoms with E-state index in [-0.39, 0.29) is 22.5 Å². The number of carbonyl (C=O) groups excluding carboxylic acids is 1. The predicted octanol–water partition coefficient (Wildman–Crippen LogP) is 3.44. The Balaban J connectivity index is 1.44. The van der Waals surface area contributed by atoms with Crippen LogP contribution in [-0.2, 0) is 14.8 Å². The highest BCUT2D eigenvalue weighted by atomic mass is 32.2. The molecule has 3 aromatic rings. The van der Waals surface area contributed by atoms with Crippen LogP contribution >= 0.6 is 0 Å². The molecule has 1 aliphatic heterocycles. The number of nitrogens with zero attached hydrogens (tertiary/aromatic N) is 1. The number of para-hydroxylation sites is 1.